The van der Waals surface area contributed by atoms with E-state index in [2.05, 4.69) is 78.3 Å². The number of thioether (sulfide) groups is 1. The van der Waals surface area contributed by atoms with Crippen LogP contribution in [0.2, 0.25) is 0 Å². The molecule has 12 nitrogen and oxygen atoms in total. The maximum Gasteiger partial charge on any atom is 0.243 e. The molecule has 0 aliphatic carbocycles. The van der Waals surface area contributed by atoms with Gasteiger partial charge in [-0.25, -0.2) is 0 Å². The fourth-order valence-corrected chi connectivity index (χ4v) is 8.33. The summed E-state index contributed by atoms with van der Waals surface area (Å²) in [6.45, 7) is 28.7. The summed E-state index contributed by atoms with van der Waals surface area (Å²) in [4.78, 5) is 78.1. The van der Waals surface area contributed by atoms with Crippen LogP contribution >= 0.6 is 11.8 Å². The summed E-state index contributed by atoms with van der Waals surface area (Å²) in [5, 5.41) is 8.39. The van der Waals surface area contributed by atoms with Crippen molar-refractivity contribution in [2.75, 3.05) is 45.3 Å². The van der Waals surface area contributed by atoms with Crippen LogP contribution in [0.15, 0.2) is 0 Å². The Labute approximate surface area is 330 Å². The van der Waals surface area contributed by atoms with Gasteiger partial charge < -0.3 is 25.4 Å². The van der Waals surface area contributed by atoms with Crippen molar-refractivity contribution < 1.29 is 38.2 Å². The number of hydrogen-bond acceptors (Lipinski definition) is 9. The molecule has 1 rings (SSSR count). The number of ether oxygens (including phenoxy) is 2. The van der Waals surface area contributed by atoms with Crippen LogP contribution in [0.4, 0.5) is 0 Å². The van der Waals surface area contributed by atoms with Crippen molar-refractivity contribution in [2.45, 2.75) is 158 Å². The zero-order valence-corrected chi connectivity index (χ0v) is 36.7. The second-order valence-electron chi connectivity index (χ2n) is 19.5. The number of likely N-dealkylation sites (tertiary alicyclic amines) is 1. The summed E-state index contributed by atoms with van der Waals surface area (Å²) < 4.78 is 11.0. The number of imide groups is 1. The molecule has 1 heterocycles. The van der Waals surface area contributed by atoms with E-state index in [1.807, 2.05) is 20.8 Å². The number of hydrogen-bond donors (Lipinski definition) is 3. The van der Waals surface area contributed by atoms with Gasteiger partial charge in [0.2, 0.25) is 29.5 Å². The number of rotatable bonds is 23. The van der Waals surface area contributed by atoms with Crippen LogP contribution in [0, 0.1) is 21.7 Å². The Morgan fingerprint density at radius 2 is 1.28 bits per heavy atom. The average Bonchev–Trinajstić information content (AvgIpc) is 3.25. The van der Waals surface area contributed by atoms with Gasteiger partial charge >= 0.3 is 0 Å². The van der Waals surface area contributed by atoms with Crippen molar-refractivity contribution in [3.05, 3.63) is 0 Å². The van der Waals surface area contributed by atoms with Gasteiger partial charge in [0.25, 0.3) is 0 Å². The minimum absolute atomic E-state index is 0.0164. The van der Waals surface area contributed by atoms with Gasteiger partial charge in [0, 0.05) is 55.5 Å². The Morgan fingerprint density at radius 3 is 1.76 bits per heavy atom. The minimum atomic E-state index is -0.961. The van der Waals surface area contributed by atoms with E-state index in [-0.39, 0.29) is 90.4 Å². The Bertz CT molecular complexity index is 1220. The Morgan fingerprint density at radius 1 is 0.759 bits per heavy atom. The van der Waals surface area contributed by atoms with Crippen LogP contribution in [-0.2, 0) is 38.2 Å². The molecule has 0 aromatic heterocycles. The van der Waals surface area contributed by atoms with E-state index in [9.17, 15) is 28.8 Å². The topological polar surface area (TPSA) is 160 Å². The lowest BCUT2D eigenvalue weighted by molar-refractivity contribution is -0.138. The molecule has 0 saturated carbocycles. The lowest BCUT2D eigenvalue weighted by atomic mass is 9.66. The zero-order chi connectivity index (χ0) is 41.5. The number of Topliss-reactive ketones (excluding diaryl/α,β-unsaturated/α-hetero) is 1. The summed E-state index contributed by atoms with van der Waals surface area (Å²) in [5.41, 5.74) is -0.863. The predicted molar refractivity (Wildman–Crippen MR) is 216 cm³/mol. The highest BCUT2D eigenvalue weighted by Crippen LogP contribution is 2.42. The van der Waals surface area contributed by atoms with E-state index >= 15 is 0 Å². The highest BCUT2D eigenvalue weighted by molar-refractivity contribution is 8.00. The molecule has 1 unspecified atom stereocenters. The fraction of sp³-hybridized carbons (Fsp3) is 0.854. The number of amides is 5. The van der Waals surface area contributed by atoms with Crippen LogP contribution < -0.4 is 16.0 Å². The standard InChI is InChI=1S/C41H74N4O8S/c1-14-45-34(49)24-30(36(45)51)54-25-29(35(50)42-19-21-53-23-22-52-20-18-31(46)40(11,12)13)43-32(47)16-15-17-33(48)44-41(26-37(2,3)4,27-38(5,6)7)28-39(8,9)10/h29-30H,14-28H2,1-13H3,(H,42,50)(H,43,47)(H,44,48)/t29-,30?/m0/s1. The SMILES string of the molecule is CCN1C(=O)CC(SC[C@H](NC(=O)CCCC(=O)NC(CC(C)(C)C)(CC(C)(C)C)CC(C)(C)C)C(=O)NCCOCCOCCC(=O)C(C)(C)C)C1=O. The Hall–Kier alpha value is -2.51. The molecular weight excluding hydrogens is 709 g/mol. The molecule has 0 aromatic rings. The molecule has 3 N–H and O–H groups in total. The Kier molecular flexibility index (Phi) is 19.9. The molecule has 1 fully saturated rings. The van der Waals surface area contributed by atoms with Crippen molar-refractivity contribution in [3.8, 4) is 0 Å². The highest BCUT2D eigenvalue weighted by atomic mass is 32.2. The smallest absolute Gasteiger partial charge is 0.243 e. The number of nitrogens with zero attached hydrogens (tertiary/aromatic N) is 1. The van der Waals surface area contributed by atoms with Gasteiger partial charge in [-0.15, -0.1) is 11.8 Å². The first-order chi connectivity index (χ1) is 24.7. The molecule has 1 saturated heterocycles. The molecule has 0 aromatic carbocycles. The van der Waals surface area contributed by atoms with Crippen molar-refractivity contribution in [1.29, 1.82) is 0 Å². The van der Waals surface area contributed by atoms with Gasteiger partial charge in [0.05, 0.1) is 31.7 Å². The van der Waals surface area contributed by atoms with E-state index in [0.29, 0.717) is 32.7 Å². The molecule has 2 atom stereocenters. The molecule has 13 heteroatoms. The van der Waals surface area contributed by atoms with Crippen LogP contribution in [0.1, 0.15) is 141 Å². The van der Waals surface area contributed by atoms with E-state index < -0.39 is 28.2 Å². The average molecular weight is 783 g/mol. The molecule has 312 valence electrons. The van der Waals surface area contributed by atoms with Gasteiger partial charge in [0.1, 0.15) is 11.8 Å². The van der Waals surface area contributed by atoms with Gasteiger partial charge in [-0.1, -0.05) is 83.1 Å². The summed E-state index contributed by atoms with van der Waals surface area (Å²) in [5.74, 6) is -1.23. The number of carbonyl (C=O) groups is 6. The lowest BCUT2D eigenvalue weighted by Crippen LogP contribution is -2.54. The van der Waals surface area contributed by atoms with Crippen LogP contribution in [-0.4, -0.2) is 102 Å². The summed E-state index contributed by atoms with van der Waals surface area (Å²) >= 11 is 1.18. The normalized spacial score (nSPS) is 16.4. The van der Waals surface area contributed by atoms with Gasteiger partial charge in [0.15, 0.2) is 0 Å². The lowest BCUT2D eigenvalue weighted by Gasteiger charge is -2.46. The minimum Gasteiger partial charge on any atom is -0.379 e. The quantitative estimate of drug-likeness (QED) is 0.0855. The highest BCUT2D eigenvalue weighted by Gasteiger charge is 2.42. The van der Waals surface area contributed by atoms with Gasteiger partial charge in [-0.05, 0) is 48.9 Å². The van der Waals surface area contributed by atoms with Gasteiger partial charge in [-0.2, -0.15) is 0 Å². The first kappa shape index (κ1) is 49.5. The third-order valence-electron chi connectivity index (χ3n) is 8.68. The van der Waals surface area contributed by atoms with E-state index in [1.54, 1.807) is 6.92 Å². The van der Waals surface area contributed by atoms with E-state index in [0.717, 1.165) is 19.3 Å². The predicted octanol–water partition coefficient (Wildman–Crippen LogP) is 5.84. The molecule has 5 amide bonds. The van der Waals surface area contributed by atoms with Gasteiger partial charge in [-0.3, -0.25) is 33.7 Å². The third-order valence-corrected chi connectivity index (χ3v) is 9.98. The molecule has 0 radical (unpaired) electrons. The first-order valence-electron chi connectivity index (χ1n) is 19.7. The van der Waals surface area contributed by atoms with Crippen LogP contribution in [0.3, 0.4) is 0 Å². The second kappa shape index (κ2) is 21.7. The molecule has 0 bridgehead atoms. The molecule has 1 aliphatic rings. The van der Waals surface area contributed by atoms with Crippen molar-refractivity contribution in [3.63, 3.8) is 0 Å². The second-order valence-corrected chi connectivity index (χ2v) is 20.7. The summed E-state index contributed by atoms with van der Waals surface area (Å²) in [7, 11) is 0. The zero-order valence-electron chi connectivity index (χ0n) is 35.9. The molecule has 0 spiro atoms. The maximum atomic E-state index is 13.5. The van der Waals surface area contributed by atoms with E-state index in [1.165, 1.54) is 16.7 Å². The summed E-state index contributed by atoms with van der Waals surface area (Å²) in [6.07, 6.45) is 3.35. The molecule has 1 aliphatic heterocycles. The van der Waals surface area contributed by atoms with Crippen LogP contribution in [0.25, 0.3) is 0 Å². The molecular formula is C41H74N4O8S. The van der Waals surface area contributed by atoms with Crippen molar-refractivity contribution >= 4 is 47.1 Å². The third kappa shape index (κ3) is 20.4. The Balaban J connectivity index is 2.81. The monoisotopic (exact) mass is 783 g/mol. The largest absolute Gasteiger partial charge is 0.379 e. The summed E-state index contributed by atoms with van der Waals surface area (Å²) in [6, 6.07) is -0.961. The van der Waals surface area contributed by atoms with Crippen molar-refractivity contribution in [1.82, 2.24) is 20.9 Å². The van der Waals surface area contributed by atoms with Crippen molar-refractivity contribution in [2.24, 2.45) is 21.7 Å². The maximum absolute atomic E-state index is 13.5. The first-order valence-corrected chi connectivity index (χ1v) is 20.7. The van der Waals surface area contributed by atoms with E-state index in [4.69, 9.17) is 9.47 Å². The van der Waals surface area contributed by atoms with Crippen LogP contribution in [0.5, 0.6) is 0 Å². The fourth-order valence-electron chi connectivity index (χ4n) is 7.14. The molecule has 54 heavy (non-hydrogen) atoms. The number of ketones is 1. The number of carbonyl (C=O) groups excluding carboxylic acids is 6. The number of nitrogens with one attached hydrogen (secondary N) is 3.